The van der Waals surface area contributed by atoms with Crippen LogP contribution < -0.4 is 5.32 Å². The first kappa shape index (κ1) is 13.3. The minimum atomic E-state index is 0.490. The quantitative estimate of drug-likeness (QED) is 0.690. The fraction of sp³-hybridized carbons (Fsp3) is 0.0909. The molecule has 2 aromatic rings. The lowest BCUT2D eigenvalue weighted by Gasteiger charge is -2.09. The molecule has 0 saturated heterocycles. The van der Waals surface area contributed by atoms with Gasteiger partial charge in [-0.15, -0.1) is 0 Å². The topological polar surface area (TPSA) is 25.2 Å². The van der Waals surface area contributed by atoms with E-state index in [2.05, 4.69) is 27.9 Å². The molecule has 0 aliphatic carbocycles. The zero-order valence-electron chi connectivity index (χ0n) is 8.44. The normalized spacial score (nSPS) is 10.6. The summed E-state index contributed by atoms with van der Waals surface area (Å²) < 4.78 is 6.26. The molecule has 90 valence electrons. The molecule has 0 unspecified atom stereocenters. The van der Waals surface area contributed by atoms with Crippen LogP contribution in [0.4, 0.5) is 5.69 Å². The van der Waals surface area contributed by atoms with Crippen LogP contribution >= 0.6 is 57.4 Å². The summed E-state index contributed by atoms with van der Waals surface area (Å²) in [4.78, 5) is 0. The Kier molecular flexibility index (Phi) is 4.47. The molecule has 0 saturated carbocycles. The molecule has 1 aromatic carbocycles. The van der Waals surface area contributed by atoms with Crippen LogP contribution in [0.1, 0.15) is 5.76 Å². The second-order valence-electron chi connectivity index (χ2n) is 3.30. The van der Waals surface area contributed by atoms with Gasteiger partial charge in [0.2, 0.25) is 0 Å². The average Bonchev–Trinajstić information content (AvgIpc) is 2.62. The first-order valence-corrected chi connectivity index (χ1v) is 6.90. The predicted octanol–water partition coefficient (Wildman–Crippen LogP) is 5.46. The van der Waals surface area contributed by atoms with Crippen LogP contribution in [0, 0.1) is 3.77 Å². The van der Waals surface area contributed by atoms with Crippen molar-refractivity contribution in [1.29, 1.82) is 0 Å². The Morgan fingerprint density at radius 1 is 1.12 bits per heavy atom. The number of hydrogen-bond donors (Lipinski definition) is 1. The van der Waals surface area contributed by atoms with Crippen molar-refractivity contribution >= 4 is 63.1 Å². The first-order valence-electron chi connectivity index (χ1n) is 4.69. The van der Waals surface area contributed by atoms with Gasteiger partial charge in [0.15, 0.2) is 3.77 Å². The summed E-state index contributed by atoms with van der Waals surface area (Å²) in [5.41, 5.74) is 0.657. The van der Waals surface area contributed by atoms with E-state index in [9.17, 15) is 0 Å². The van der Waals surface area contributed by atoms with Gasteiger partial charge >= 0.3 is 0 Å². The van der Waals surface area contributed by atoms with Crippen LogP contribution in [0.5, 0.6) is 0 Å². The third-order valence-electron chi connectivity index (χ3n) is 2.08. The lowest BCUT2D eigenvalue weighted by molar-refractivity contribution is 0.493. The fourth-order valence-electron chi connectivity index (χ4n) is 1.33. The van der Waals surface area contributed by atoms with E-state index in [0.717, 1.165) is 9.53 Å². The molecule has 1 aromatic heterocycles. The van der Waals surface area contributed by atoms with E-state index in [-0.39, 0.29) is 0 Å². The minimum absolute atomic E-state index is 0.490. The van der Waals surface area contributed by atoms with Crippen molar-refractivity contribution in [3.05, 3.63) is 48.9 Å². The summed E-state index contributed by atoms with van der Waals surface area (Å²) in [5, 5.41) is 4.61. The zero-order valence-corrected chi connectivity index (χ0v) is 12.9. The number of anilines is 1. The van der Waals surface area contributed by atoms with Crippen molar-refractivity contribution in [2.75, 3.05) is 5.32 Å². The highest BCUT2D eigenvalue weighted by molar-refractivity contribution is 14.1. The van der Waals surface area contributed by atoms with E-state index in [1.165, 1.54) is 0 Å². The van der Waals surface area contributed by atoms with E-state index >= 15 is 0 Å². The van der Waals surface area contributed by atoms with Crippen molar-refractivity contribution in [3.8, 4) is 0 Å². The van der Waals surface area contributed by atoms with Crippen LogP contribution in [0.2, 0.25) is 15.1 Å². The van der Waals surface area contributed by atoms with Crippen molar-refractivity contribution in [2.24, 2.45) is 0 Å². The van der Waals surface area contributed by atoms with Crippen LogP contribution in [0.15, 0.2) is 28.7 Å². The summed E-state index contributed by atoms with van der Waals surface area (Å²) >= 11 is 20.0. The summed E-state index contributed by atoms with van der Waals surface area (Å²) in [6.07, 6.45) is 0. The molecule has 0 bridgehead atoms. The van der Waals surface area contributed by atoms with E-state index in [4.69, 9.17) is 39.2 Å². The molecule has 0 fully saturated rings. The molecular formula is C11H7Cl3INO. The molecule has 0 aliphatic heterocycles. The second-order valence-corrected chi connectivity index (χ2v) is 5.62. The maximum Gasteiger partial charge on any atom is 0.164 e. The van der Waals surface area contributed by atoms with Crippen LogP contribution in [0.25, 0.3) is 0 Å². The fourth-order valence-corrected chi connectivity index (χ4v) is 2.75. The van der Waals surface area contributed by atoms with E-state index in [0.29, 0.717) is 27.3 Å². The number of nitrogens with one attached hydrogen (secondary N) is 1. The van der Waals surface area contributed by atoms with Crippen molar-refractivity contribution in [3.63, 3.8) is 0 Å². The lowest BCUT2D eigenvalue weighted by Crippen LogP contribution is -1.99. The van der Waals surface area contributed by atoms with Gasteiger partial charge in [-0.05, 0) is 46.9 Å². The van der Waals surface area contributed by atoms with Crippen LogP contribution in [-0.2, 0) is 6.54 Å². The average molecular weight is 402 g/mol. The maximum atomic E-state index is 6.04. The van der Waals surface area contributed by atoms with Crippen LogP contribution in [-0.4, -0.2) is 0 Å². The Morgan fingerprint density at radius 2 is 1.76 bits per heavy atom. The van der Waals surface area contributed by atoms with Gasteiger partial charge in [0, 0.05) is 5.02 Å². The molecular weight excluding hydrogens is 395 g/mol. The van der Waals surface area contributed by atoms with Crippen molar-refractivity contribution < 1.29 is 4.42 Å². The molecule has 0 radical (unpaired) electrons. The number of hydrogen-bond acceptors (Lipinski definition) is 2. The second kappa shape index (κ2) is 5.69. The summed E-state index contributed by atoms with van der Waals surface area (Å²) in [7, 11) is 0. The standard InChI is InChI=1S/C11H7Cl3INO/c12-6-3-8(13)11(9(14)4-6)16-5-7-1-2-10(15)17-7/h1-4,16H,5H2. The van der Waals surface area contributed by atoms with Crippen LogP contribution in [0.3, 0.4) is 0 Å². The van der Waals surface area contributed by atoms with Gasteiger partial charge in [-0.1, -0.05) is 34.8 Å². The predicted molar refractivity (Wildman–Crippen MR) is 80.2 cm³/mol. The SMILES string of the molecule is Clc1cc(Cl)c(NCc2ccc(I)o2)c(Cl)c1. The molecule has 2 rings (SSSR count). The highest BCUT2D eigenvalue weighted by Crippen LogP contribution is 2.33. The van der Waals surface area contributed by atoms with Gasteiger partial charge in [0.25, 0.3) is 0 Å². The van der Waals surface area contributed by atoms with E-state index in [1.807, 2.05) is 12.1 Å². The minimum Gasteiger partial charge on any atom is -0.454 e. The van der Waals surface area contributed by atoms with Gasteiger partial charge < -0.3 is 9.73 Å². The number of benzene rings is 1. The first-order chi connectivity index (χ1) is 8.06. The molecule has 0 amide bonds. The van der Waals surface area contributed by atoms with Gasteiger partial charge in [-0.3, -0.25) is 0 Å². The Bertz CT molecular complexity index is 518. The molecule has 1 N–H and O–H groups in total. The van der Waals surface area contributed by atoms with Crippen molar-refractivity contribution in [2.45, 2.75) is 6.54 Å². The zero-order chi connectivity index (χ0) is 12.4. The molecule has 17 heavy (non-hydrogen) atoms. The van der Waals surface area contributed by atoms with Gasteiger partial charge in [-0.2, -0.15) is 0 Å². The Hall–Kier alpha value is -0.100. The number of furan rings is 1. The summed E-state index contributed by atoms with van der Waals surface area (Å²) in [5.74, 6) is 0.816. The van der Waals surface area contributed by atoms with Crippen molar-refractivity contribution in [1.82, 2.24) is 0 Å². The molecule has 0 aliphatic rings. The summed E-state index contributed by atoms with van der Waals surface area (Å²) in [6, 6.07) is 7.07. The molecule has 0 spiro atoms. The number of rotatable bonds is 3. The largest absolute Gasteiger partial charge is 0.454 e. The molecule has 0 atom stereocenters. The molecule has 1 heterocycles. The number of halogens is 4. The van der Waals surface area contributed by atoms with E-state index < -0.39 is 0 Å². The summed E-state index contributed by atoms with van der Waals surface area (Å²) in [6.45, 7) is 0.518. The maximum absolute atomic E-state index is 6.04. The monoisotopic (exact) mass is 401 g/mol. The molecule has 6 heteroatoms. The Labute approximate surface area is 127 Å². The highest BCUT2D eigenvalue weighted by atomic mass is 127. The third kappa shape index (κ3) is 3.44. The smallest absolute Gasteiger partial charge is 0.164 e. The third-order valence-corrected chi connectivity index (χ3v) is 3.47. The van der Waals surface area contributed by atoms with Gasteiger partial charge in [0.05, 0.1) is 22.3 Å². The molecule has 2 nitrogen and oxygen atoms in total. The highest BCUT2D eigenvalue weighted by Gasteiger charge is 2.08. The Morgan fingerprint density at radius 3 is 2.29 bits per heavy atom. The van der Waals surface area contributed by atoms with Gasteiger partial charge in [0.1, 0.15) is 5.76 Å². The van der Waals surface area contributed by atoms with E-state index in [1.54, 1.807) is 12.1 Å². The lowest BCUT2D eigenvalue weighted by atomic mass is 10.3. The Balaban J connectivity index is 2.14. The van der Waals surface area contributed by atoms with Gasteiger partial charge in [-0.25, -0.2) is 0 Å².